The Bertz CT molecular complexity index is 578. The summed E-state index contributed by atoms with van der Waals surface area (Å²) in [5.74, 6) is -2.57. The molecule has 0 heterocycles. The monoisotopic (exact) mass is 292 g/mol. The van der Waals surface area contributed by atoms with Gasteiger partial charge in [0.15, 0.2) is 0 Å². The molecule has 1 unspecified atom stereocenters. The van der Waals surface area contributed by atoms with Crippen LogP contribution in [0, 0.1) is 5.82 Å². The number of carboxylic acids is 1. The van der Waals surface area contributed by atoms with E-state index >= 15 is 0 Å². The molecule has 4 heteroatoms. The van der Waals surface area contributed by atoms with Crippen molar-refractivity contribution in [1.29, 1.82) is 0 Å². The predicted molar refractivity (Wildman–Crippen MR) is 76.5 cm³/mol. The van der Waals surface area contributed by atoms with Crippen molar-refractivity contribution in [3.8, 4) is 0 Å². The first-order valence-corrected chi connectivity index (χ1v) is 6.68. The second kappa shape index (κ2) is 6.53. The van der Waals surface area contributed by atoms with Crippen LogP contribution in [0.1, 0.15) is 23.5 Å². The lowest BCUT2D eigenvalue weighted by Gasteiger charge is -2.15. The topological polar surface area (TPSA) is 37.3 Å². The van der Waals surface area contributed by atoms with Gasteiger partial charge in [0.1, 0.15) is 5.82 Å². The average Bonchev–Trinajstić information content (AvgIpc) is 2.42. The Kier molecular flexibility index (Phi) is 4.74. The summed E-state index contributed by atoms with van der Waals surface area (Å²) in [5, 5.41) is 9.49. The van der Waals surface area contributed by atoms with E-state index in [0.717, 1.165) is 5.56 Å². The summed E-state index contributed by atoms with van der Waals surface area (Å²) >= 11 is 5.95. The Balaban J connectivity index is 2.22. The standard InChI is InChI=1S/C16H14ClFO2/c17-13-7-4-8-14(18)15(13)12(16(19)20)10-9-11-5-2-1-3-6-11/h1-8,12H,9-10H2,(H,19,20). The summed E-state index contributed by atoms with van der Waals surface area (Å²) in [7, 11) is 0. The fourth-order valence-electron chi connectivity index (χ4n) is 2.19. The molecule has 1 N–H and O–H groups in total. The molecule has 0 spiro atoms. The van der Waals surface area contributed by atoms with Crippen molar-refractivity contribution in [1.82, 2.24) is 0 Å². The zero-order valence-electron chi connectivity index (χ0n) is 10.7. The lowest BCUT2D eigenvalue weighted by molar-refractivity contribution is -0.139. The first-order valence-electron chi connectivity index (χ1n) is 6.30. The summed E-state index contributed by atoms with van der Waals surface area (Å²) in [6, 6.07) is 13.7. The number of hydrogen-bond acceptors (Lipinski definition) is 1. The Morgan fingerprint density at radius 2 is 1.85 bits per heavy atom. The second-order valence-corrected chi connectivity index (χ2v) is 4.96. The highest BCUT2D eigenvalue weighted by atomic mass is 35.5. The van der Waals surface area contributed by atoms with Crippen LogP contribution in [-0.2, 0) is 11.2 Å². The van der Waals surface area contributed by atoms with Crippen molar-refractivity contribution in [3.63, 3.8) is 0 Å². The van der Waals surface area contributed by atoms with Crippen molar-refractivity contribution in [2.45, 2.75) is 18.8 Å². The van der Waals surface area contributed by atoms with E-state index in [1.807, 2.05) is 30.3 Å². The highest BCUT2D eigenvalue weighted by Gasteiger charge is 2.25. The van der Waals surface area contributed by atoms with Crippen LogP contribution in [0.15, 0.2) is 48.5 Å². The van der Waals surface area contributed by atoms with Crippen LogP contribution in [-0.4, -0.2) is 11.1 Å². The third-order valence-electron chi connectivity index (χ3n) is 3.21. The SMILES string of the molecule is O=C(O)C(CCc1ccccc1)c1c(F)cccc1Cl. The quantitative estimate of drug-likeness (QED) is 0.893. The molecule has 0 fully saturated rings. The minimum absolute atomic E-state index is 0.0672. The minimum atomic E-state index is -1.06. The van der Waals surface area contributed by atoms with E-state index in [-0.39, 0.29) is 10.6 Å². The highest BCUT2D eigenvalue weighted by Crippen LogP contribution is 2.31. The van der Waals surface area contributed by atoms with Crippen molar-refractivity contribution in [2.24, 2.45) is 0 Å². The van der Waals surface area contributed by atoms with E-state index < -0.39 is 17.7 Å². The van der Waals surface area contributed by atoms with Crippen LogP contribution in [0.2, 0.25) is 5.02 Å². The van der Waals surface area contributed by atoms with Gasteiger partial charge in [-0.2, -0.15) is 0 Å². The molecule has 0 aromatic heterocycles. The van der Waals surface area contributed by atoms with Crippen molar-refractivity contribution in [3.05, 3.63) is 70.5 Å². The molecular weight excluding hydrogens is 279 g/mol. The summed E-state index contributed by atoms with van der Waals surface area (Å²) < 4.78 is 13.8. The average molecular weight is 293 g/mol. The highest BCUT2D eigenvalue weighted by molar-refractivity contribution is 6.31. The van der Waals surface area contributed by atoms with Crippen LogP contribution in [0.5, 0.6) is 0 Å². The van der Waals surface area contributed by atoms with E-state index in [2.05, 4.69) is 0 Å². The summed E-state index contributed by atoms with van der Waals surface area (Å²) in [5.41, 5.74) is 1.09. The Morgan fingerprint density at radius 1 is 1.15 bits per heavy atom. The van der Waals surface area contributed by atoms with Crippen LogP contribution < -0.4 is 0 Å². The molecule has 0 saturated carbocycles. The summed E-state index contributed by atoms with van der Waals surface area (Å²) in [6.45, 7) is 0. The number of aliphatic carboxylic acids is 1. The maximum Gasteiger partial charge on any atom is 0.311 e. The number of aryl methyl sites for hydroxylation is 1. The Hall–Kier alpha value is -1.87. The van der Waals surface area contributed by atoms with Gasteiger partial charge in [-0.1, -0.05) is 48.0 Å². The fourth-order valence-corrected chi connectivity index (χ4v) is 2.49. The van der Waals surface area contributed by atoms with Crippen LogP contribution in [0.3, 0.4) is 0 Å². The van der Waals surface area contributed by atoms with E-state index in [4.69, 9.17) is 11.6 Å². The van der Waals surface area contributed by atoms with Gasteiger partial charge in [0, 0.05) is 10.6 Å². The van der Waals surface area contributed by atoms with Crippen molar-refractivity contribution < 1.29 is 14.3 Å². The maximum atomic E-state index is 13.8. The molecule has 0 aliphatic carbocycles. The van der Waals surface area contributed by atoms with Gasteiger partial charge in [0.05, 0.1) is 5.92 Å². The van der Waals surface area contributed by atoms with Crippen LogP contribution >= 0.6 is 11.6 Å². The summed E-state index contributed by atoms with van der Waals surface area (Å²) in [4.78, 5) is 11.4. The van der Waals surface area contributed by atoms with Gasteiger partial charge in [0.25, 0.3) is 0 Å². The van der Waals surface area contributed by atoms with E-state index in [1.54, 1.807) is 0 Å². The molecule has 104 valence electrons. The molecule has 1 atom stereocenters. The maximum absolute atomic E-state index is 13.8. The molecule has 0 aliphatic rings. The number of halogens is 2. The lowest BCUT2D eigenvalue weighted by Crippen LogP contribution is -2.15. The van der Waals surface area contributed by atoms with Crippen LogP contribution in [0.25, 0.3) is 0 Å². The van der Waals surface area contributed by atoms with Gasteiger partial charge < -0.3 is 5.11 Å². The Labute approximate surface area is 121 Å². The smallest absolute Gasteiger partial charge is 0.311 e. The van der Waals surface area contributed by atoms with E-state index in [0.29, 0.717) is 12.8 Å². The van der Waals surface area contributed by atoms with Gasteiger partial charge in [-0.15, -0.1) is 0 Å². The number of carboxylic acid groups (broad SMARTS) is 1. The molecule has 2 aromatic rings. The molecule has 0 amide bonds. The first kappa shape index (κ1) is 14.5. The molecule has 20 heavy (non-hydrogen) atoms. The molecule has 0 radical (unpaired) electrons. The zero-order chi connectivity index (χ0) is 14.5. The number of rotatable bonds is 5. The number of hydrogen-bond donors (Lipinski definition) is 1. The Morgan fingerprint density at radius 3 is 2.45 bits per heavy atom. The van der Waals surface area contributed by atoms with Crippen molar-refractivity contribution >= 4 is 17.6 Å². The van der Waals surface area contributed by atoms with Gasteiger partial charge in [-0.05, 0) is 30.5 Å². The third kappa shape index (κ3) is 3.36. The first-order chi connectivity index (χ1) is 9.59. The van der Waals surface area contributed by atoms with Gasteiger partial charge in [-0.25, -0.2) is 4.39 Å². The van der Waals surface area contributed by atoms with Crippen LogP contribution in [0.4, 0.5) is 4.39 Å². The normalized spacial score (nSPS) is 12.1. The fraction of sp³-hybridized carbons (Fsp3) is 0.188. The molecule has 2 aromatic carbocycles. The zero-order valence-corrected chi connectivity index (χ0v) is 11.5. The lowest BCUT2D eigenvalue weighted by atomic mass is 9.92. The van der Waals surface area contributed by atoms with Gasteiger partial charge in [0.2, 0.25) is 0 Å². The predicted octanol–water partition coefficient (Wildman–Crippen LogP) is 4.28. The minimum Gasteiger partial charge on any atom is -0.481 e. The third-order valence-corrected chi connectivity index (χ3v) is 3.54. The van der Waals surface area contributed by atoms with E-state index in [1.165, 1.54) is 18.2 Å². The summed E-state index contributed by atoms with van der Waals surface area (Å²) in [6.07, 6.45) is 0.864. The molecule has 2 nitrogen and oxygen atoms in total. The molecule has 2 rings (SSSR count). The molecular formula is C16H14ClFO2. The number of carbonyl (C=O) groups is 1. The van der Waals surface area contributed by atoms with Gasteiger partial charge >= 0.3 is 5.97 Å². The van der Waals surface area contributed by atoms with Crippen molar-refractivity contribution in [2.75, 3.05) is 0 Å². The number of benzene rings is 2. The second-order valence-electron chi connectivity index (χ2n) is 4.55. The van der Waals surface area contributed by atoms with Gasteiger partial charge in [-0.3, -0.25) is 4.79 Å². The largest absolute Gasteiger partial charge is 0.481 e. The molecule has 0 aliphatic heterocycles. The molecule has 0 saturated heterocycles. The van der Waals surface area contributed by atoms with E-state index in [9.17, 15) is 14.3 Å². The molecule has 0 bridgehead atoms.